The maximum absolute atomic E-state index is 13.5. The molecule has 2 rings (SSSR count). The Labute approximate surface area is 108 Å². The number of rotatable bonds is 3. The van der Waals surface area contributed by atoms with Gasteiger partial charge in [0.05, 0.1) is 0 Å². The number of nitrogens with one attached hydrogen (secondary N) is 1. The van der Waals surface area contributed by atoms with Crippen LogP contribution in [0.25, 0.3) is 0 Å². The highest BCUT2D eigenvalue weighted by atomic mass is 32.2. The Hall–Kier alpha value is -1.69. The summed E-state index contributed by atoms with van der Waals surface area (Å²) in [5.74, 6) is -0.721. The lowest BCUT2D eigenvalue weighted by Crippen LogP contribution is -1.98. The third kappa shape index (κ3) is 2.76. The molecule has 0 aliphatic heterocycles. The zero-order valence-corrected chi connectivity index (χ0v) is 10.7. The van der Waals surface area contributed by atoms with Crippen LogP contribution in [0.5, 0.6) is 0 Å². The summed E-state index contributed by atoms with van der Waals surface area (Å²) < 4.78 is 26.3. The molecule has 1 aromatic carbocycles. The molecule has 0 saturated carbocycles. The fraction of sp³-hybridized carbons (Fsp3) is 0.167. The van der Waals surface area contributed by atoms with Gasteiger partial charge in [-0.05, 0) is 19.1 Å². The van der Waals surface area contributed by atoms with Crippen LogP contribution in [0.4, 0.5) is 14.7 Å². The van der Waals surface area contributed by atoms with E-state index < -0.39 is 11.6 Å². The van der Waals surface area contributed by atoms with E-state index in [0.29, 0.717) is 15.9 Å². The number of hydrogen-bond acceptors (Lipinski definition) is 4. The Balaban J connectivity index is 2.33. The highest BCUT2D eigenvalue weighted by molar-refractivity contribution is 7.99. The van der Waals surface area contributed by atoms with E-state index in [2.05, 4.69) is 15.3 Å². The second kappa shape index (κ2) is 5.30. The molecule has 6 heteroatoms. The van der Waals surface area contributed by atoms with Crippen LogP contribution in [0.3, 0.4) is 0 Å². The van der Waals surface area contributed by atoms with Gasteiger partial charge in [0.25, 0.3) is 0 Å². The van der Waals surface area contributed by atoms with Crippen molar-refractivity contribution in [2.45, 2.75) is 16.8 Å². The molecule has 0 amide bonds. The van der Waals surface area contributed by atoms with E-state index in [4.69, 9.17) is 0 Å². The lowest BCUT2D eigenvalue weighted by atomic mass is 10.3. The molecule has 2 aromatic rings. The first kappa shape index (κ1) is 12.8. The van der Waals surface area contributed by atoms with Crippen molar-refractivity contribution in [3.05, 3.63) is 41.6 Å². The summed E-state index contributed by atoms with van der Waals surface area (Å²) in [4.78, 5) is 8.61. The predicted molar refractivity (Wildman–Crippen MR) is 66.8 cm³/mol. The first-order chi connectivity index (χ1) is 8.60. The molecule has 3 nitrogen and oxygen atoms in total. The Kier molecular flexibility index (Phi) is 3.76. The van der Waals surface area contributed by atoms with Crippen LogP contribution >= 0.6 is 11.8 Å². The fourth-order valence-electron chi connectivity index (χ4n) is 1.31. The van der Waals surface area contributed by atoms with Crippen LogP contribution in [-0.2, 0) is 0 Å². The van der Waals surface area contributed by atoms with Crippen molar-refractivity contribution in [1.29, 1.82) is 0 Å². The summed E-state index contributed by atoms with van der Waals surface area (Å²) in [7, 11) is 1.71. The van der Waals surface area contributed by atoms with Crippen LogP contribution in [0.15, 0.2) is 34.3 Å². The number of anilines is 1. The summed E-state index contributed by atoms with van der Waals surface area (Å²) in [6, 6.07) is 3.48. The fourth-order valence-corrected chi connectivity index (χ4v) is 2.16. The third-order valence-corrected chi connectivity index (χ3v) is 3.41. The Bertz CT molecular complexity index is 575. The summed E-state index contributed by atoms with van der Waals surface area (Å²) in [5.41, 5.74) is 0.836. The highest BCUT2D eigenvalue weighted by Crippen LogP contribution is 2.31. The van der Waals surface area contributed by atoms with E-state index in [-0.39, 0.29) is 0 Å². The van der Waals surface area contributed by atoms with Gasteiger partial charge in [-0.3, -0.25) is 0 Å². The van der Waals surface area contributed by atoms with E-state index in [1.807, 2.05) is 6.92 Å². The number of nitrogens with zero attached hydrogens (tertiary/aromatic N) is 2. The number of aryl methyl sites for hydroxylation is 1. The molecule has 94 valence electrons. The normalized spacial score (nSPS) is 10.4. The van der Waals surface area contributed by atoms with Gasteiger partial charge in [-0.25, -0.2) is 18.7 Å². The Morgan fingerprint density at radius 2 is 2.06 bits per heavy atom. The molecular formula is C12H11F2N3S. The van der Waals surface area contributed by atoms with Crippen molar-refractivity contribution in [2.75, 3.05) is 12.4 Å². The maximum Gasteiger partial charge on any atom is 0.223 e. The number of halogens is 2. The third-order valence-electron chi connectivity index (χ3n) is 2.25. The molecule has 1 N–H and O–H groups in total. The van der Waals surface area contributed by atoms with Crippen molar-refractivity contribution in [2.24, 2.45) is 0 Å². The van der Waals surface area contributed by atoms with Gasteiger partial charge in [-0.1, -0.05) is 11.8 Å². The highest BCUT2D eigenvalue weighted by Gasteiger charge is 2.09. The van der Waals surface area contributed by atoms with E-state index in [9.17, 15) is 8.78 Å². The van der Waals surface area contributed by atoms with Gasteiger partial charge < -0.3 is 5.32 Å². The van der Waals surface area contributed by atoms with Crippen molar-refractivity contribution in [3.63, 3.8) is 0 Å². The monoisotopic (exact) mass is 267 g/mol. The summed E-state index contributed by atoms with van der Waals surface area (Å²) >= 11 is 1.15. The van der Waals surface area contributed by atoms with E-state index in [1.165, 1.54) is 12.1 Å². The van der Waals surface area contributed by atoms with Gasteiger partial charge in [-0.2, -0.15) is 0 Å². The number of benzene rings is 1. The molecule has 0 fully saturated rings. The quantitative estimate of drug-likeness (QED) is 0.866. The molecule has 1 aromatic heterocycles. The molecule has 18 heavy (non-hydrogen) atoms. The van der Waals surface area contributed by atoms with Gasteiger partial charge in [-0.15, -0.1) is 0 Å². The molecule has 0 bridgehead atoms. The lowest BCUT2D eigenvalue weighted by molar-refractivity contribution is 0.565. The van der Waals surface area contributed by atoms with Gasteiger partial charge in [0.2, 0.25) is 5.95 Å². The lowest BCUT2D eigenvalue weighted by Gasteiger charge is -2.07. The summed E-state index contributed by atoms with van der Waals surface area (Å²) in [6.45, 7) is 1.84. The molecule has 0 unspecified atom stereocenters. The van der Waals surface area contributed by atoms with Gasteiger partial charge in [0, 0.05) is 29.8 Å². The van der Waals surface area contributed by atoms with Crippen molar-refractivity contribution in [1.82, 2.24) is 9.97 Å². The standard InChI is InChI=1S/C12H11F2N3S/c1-7-6-16-12(15-2)17-11(7)18-10-4-3-8(13)5-9(10)14/h3-6H,1-2H3,(H,15,16,17). The van der Waals surface area contributed by atoms with Crippen LogP contribution in [0, 0.1) is 18.6 Å². The summed E-state index contributed by atoms with van der Waals surface area (Å²) in [6.07, 6.45) is 1.66. The first-order valence-corrected chi connectivity index (χ1v) is 6.06. The largest absolute Gasteiger partial charge is 0.357 e. The van der Waals surface area contributed by atoms with Gasteiger partial charge >= 0.3 is 0 Å². The predicted octanol–water partition coefficient (Wildman–Crippen LogP) is 3.26. The number of aromatic nitrogens is 2. The van der Waals surface area contributed by atoms with E-state index in [1.54, 1.807) is 13.2 Å². The number of hydrogen-bond donors (Lipinski definition) is 1. The minimum atomic E-state index is -0.594. The Morgan fingerprint density at radius 1 is 1.28 bits per heavy atom. The van der Waals surface area contributed by atoms with Gasteiger partial charge in [0.15, 0.2) is 0 Å². The molecule has 0 aliphatic carbocycles. The minimum Gasteiger partial charge on any atom is -0.357 e. The molecule has 0 spiro atoms. The van der Waals surface area contributed by atoms with Crippen LogP contribution < -0.4 is 5.32 Å². The Morgan fingerprint density at radius 3 is 2.72 bits per heavy atom. The van der Waals surface area contributed by atoms with E-state index >= 15 is 0 Å². The zero-order valence-electron chi connectivity index (χ0n) is 9.87. The average molecular weight is 267 g/mol. The molecule has 0 radical (unpaired) electrons. The molecule has 0 saturated heterocycles. The summed E-state index contributed by atoms with van der Waals surface area (Å²) in [5, 5.41) is 3.45. The van der Waals surface area contributed by atoms with E-state index in [0.717, 1.165) is 23.4 Å². The second-order valence-corrected chi connectivity index (χ2v) is 4.64. The van der Waals surface area contributed by atoms with Crippen LogP contribution in [0.1, 0.15) is 5.56 Å². The first-order valence-electron chi connectivity index (χ1n) is 5.24. The SMILES string of the molecule is CNc1ncc(C)c(Sc2ccc(F)cc2F)n1. The smallest absolute Gasteiger partial charge is 0.223 e. The average Bonchev–Trinajstić information content (AvgIpc) is 2.35. The van der Waals surface area contributed by atoms with Crippen LogP contribution in [0.2, 0.25) is 0 Å². The molecule has 0 aliphatic rings. The minimum absolute atomic E-state index is 0.334. The molecule has 1 heterocycles. The zero-order chi connectivity index (χ0) is 13.1. The molecular weight excluding hydrogens is 256 g/mol. The topological polar surface area (TPSA) is 37.8 Å². The van der Waals surface area contributed by atoms with Crippen molar-refractivity contribution >= 4 is 17.7 Å². The van der Waals surface area contributed by atoms with Crippen molar-refractivity contribution in [3.8, 4) is 0 Å². The van der Waals surface area contributed by atoms with Crippen molar-refractivity contribution < 1.29 is 8.78 Å². The van der Waals surface area contributed by atoms with Crippen LogP contribution in [-0.4, -0.2) is 17.0 Å². The van der Waals surface area contributed by atoms with Gasteiger partial charge in [0.1, 0.15) is 16.7 Å². The maximum atomic E-state index is 13.5. The molecule has 0 atom stereocenters. The second-order valence-electron chi connectivity index (χ2n) is 3.61.